The maximum atomic E-state index is 12.1. The van der Waals surface area contributed by atoms with Gasteiger partial charge in [0.25, 0.3) is 0 Å². The number of carbonyl (C=O) groups excluding carboxylic acids is 1. The summed E-state index contributed by atoms with van der Waals surface area (Å²) in [4.78, 5) is 12.1. The van der Waals surface area contributed by atoms with Crippen LogP contribution >= 0.6 is 0 Å². The highest BCUT2D eigenvalue weighted by atomic mass is 16.6. The van der Waals surface area contributed by atoms with Crippen LogP contribution in [-0.2, 0) is 4.74 Å². The van der Waals surface area contributed by atoms with Crippen molar-refractivity contribution in [1.29, 1.82) is 0 Å². The average Bonchev–Trinajstić information content (AvgIpc) is 2.91. The summed E-state index contributed by atoms with van der Waals surface area (Å²) in [5, 5.41) is 3.73. The number of hydrogen-bond acceptors (Lipinski definition) is 4. The molecule has 2 aliphatic rings. The van der Waals surface area contributed by atoms with E-state index < -0.39 is 0 Å². The lowest BCUT2D eigenvalue weighted by atomic mass is 9.70. The number of esters is 1. The molecule has 3 atom stereocenters. The number of ether oxygens (including phenoxy) is 1. The van der Waals surface area contributed by atoms with Crippen molar-refractivity contribution >= 4 is 5.97 Å². The lowest BCUT2D eigenvalue weighted by Crippen LogP contribution is -2.38. The topological polar surface area (TPSA) is 52.3 Å². The van der Waals surface area contributed by atoms with Gasteiger partial charge in [-0.05, 0) is 37.5 Å². The number of carbonyl (C=O) groups is 1. The first-order chi connectivity index (χ1) is 8.84. The van der Waals surface area contributed by atoms with Gasteiger partial charge in [0.2, 0.25) is 5.76 Å². The Kier molecular flexibility index (Phi) is 2.57. The van der Waals surface area contributed by atoms with Crippen molar-refractivity contribution in [3.05, 3.63) is 17.5 Å². The minimum Gasteiger partial charge on any atom is -0.456 e. The SMILES string of the molecule is Cc1cc(C(=O)OC2CC3CCC2(C)C3(C)C)on1. The smallest absolute Gasteiger partial charge is 0.377 e. The molecular weight excluding hydrogens is 242 g/mol. The molecule has 0 saturated heterocycles. The van der Waals surface area contributed by atoms with Gasteiger partial charge < -0.3 is 9.26 Å². The highest BCUT2D eigenvalue weighted by molar-refractivity contribution is 5.86. The molecule has 4 nitrogen and oxygen atoms in total. The van der Waals surface area contributed by atoms with E-state index in [1.54, 1.807) is 13.0 Å². The summed E-state index contributed by atoms with van der Waals surface area (Å²) in [5.74, 6) is 0.489. The van der Waals surface area contributed by atoms with Gasteiger partial charge in [0.15, 0.2) is 0 Å². The van der Waals surface area contributed by atoms with E-state index in [1.807, 2.05) is 0 Å². The van der Waals surface area contributed by atoms with Crippen molar-refractivity contribution in [2.45, 2.75) is 53.1 Å². The first kappa shape index (κ1) is 12.7. The Hall–Kier alpha value is -1.32. The molecule has 3 rings (SSSR count). The summed E-state index contributed by atoms with van der Waals surface area (Å²) in [5.41, 5.74) is 1.03. The molecule has 0 aromatic carbocycles. The second kappa shape index (κ2) is 3.84. The summed E-state index contributed by atoms with van der Waals surface area (Å²) in [7, 11) is 0. The molecule has 1 heterocycles. The molecule has 2 saturated carbocycles. The summed E-state index contributed by atoms with van der Waals surface area (Å²) in [6.07, 6.45) is 3.36. The summed E-state index contributed by atoms with van der Waals surface area (Å²) < 4.78 is 10.7. The number of aryl methyl sites for hydroxylation is 1. The molecule has 1 aromatic heterocycles. The van der Waals surface area contributed by atoms with Crippen LogP contribution < -0.4 is 0 Å². The van der Waals surface area contributed by atoms with Crippen molar-refractivity contribution in [2.75, 3.05) is 0 Å². The third-order valence-corrected chi connectivity index (χ3v) is 5.79. The van der Waals surface area contributed by atoms with E-state index in [0.29, 0.717) is 11.6 Å². The standard InChI is InChI=1S/C15H21NO3/c1-9-7-11(19-16-9)13(17)18-12-8-10-5-6-15(12,4)14(10,2)3/h7,10,12H,5-6,8H2,1-4H3. The lowest BCUT2D eigenvalue weighted by Gasteiger charge is -2.38. The molecule has 2 aliphatic carbocycles. The Morgan fingerprint density at radius 1 is 1.47 bits per heavy atom. The third kappa shape index (κ3) is 1.65. The Labute approximate surface area is 113 Å². The third-order valence-electron chi connectivity index (χ3n) is 5.79. The zero-order valence-electron chi connectivity index (χ0n) is 12.0. The molecule has 1 aromatic rings. The highest BCUT2D eigenvalue weighted by Crippen LogP contribution is 2.66. The van der Waals surface area contributed by atoms with E-state index in [-0.39, 0.29) is 28.7 Å². The van der Waals surface area contributed by atoms with Crippen LogP contribution in [0.1, 0.15) is 56.3 Å². The van der Waals surface area contributed by atoms with Gasteiger partial charge >= 0.3 is 5.97 Å². The monoisotopic (exact) mass is 263 g/mol. The fraction of sp³-hybridized carbons (Fsp3) is 0.733. The van der Waals surface area contributed by atoms with Gasteiger partial charge in [-0.3, -0.25) is 0 Å². The molecular formula is C15H21NO3. The number of fused-ring (bicyclic) bond motifs is 2. The van der Waals surface area contributed by atoms with Crippen LogP contribution in [0.4, 0.5) is 0 Å². The fourth-order valence-electron chi connectivity index (χ4n) is 3.96. The van der Waals surface area contributed by atoms with Crippen molar-refractivity contribution in [3.63, 3.8) is 0 Å². The van der Waals surface area contributed by atoms with Crippen molar-refractivity contribution < 1.29 is 14.1 Å². The molecule has 2 fully saturated rings. The van der Waals surface area contributed by atoms with Crippen LogP contribution in [0.2, 0.25) is 0 Å². The van der Waals surface area contributed by atoms with Gasteiger partial charge in [0.05, 0.1) is 5.69 Å². The second-order valence-electron chi connectivity index (χ2n) is 6.84. The van der Waals surface area contributed by atoms with Crippen molar-refractivity contribution in [3.8, 4) is 0 Å². The average molecular weight is 263 g/mol. The van der Waals surface area contributed by atoms with E-state index in [1.165, 1.54) is 6.42 Å². The quantitative estimate of drug-likeness (QED) is 0.768. The fourth-order valence-corrected chi connectivity index (χ4v) is 3.96. The Morgan fingerprint density at radius 2 is 2.21 bits per heavy atom. The summed E-state index contributed by atoms with van der Waals surface area (Å²) in [6.45, 7) is 8.65. The summed E-state index contributed by atoms with van der Waals surface area (Å²) in [6, 6.07) is 1.63. The predicted octanol–water partition coefficient (Wildman–Crippen LogP) is 3.35. The molecule has 4 heteroatoms. The molecule has 104 valence electrons. The van der Waals surface area contributed by atoms with Gasteiger partial charge in [-0.1, -0.05) is 25.9 Å². The second-order valence-corrected chi connectivity index (χ2v) is 6.84. The molecule has 0 aliphatic heterocycles. The van der Waals surface area contributed by atoms with Gasteiger partial charge in [-0.25, -0.2) is 4.79 Å². The predicted molar refractivity (Wildman–Crippen MR) is 69.7 cm³/mol. The highest BCUT2D eigenvalue weighted by Gasteiger charge is 2.62. The van der Waals surface area contributed by atoms with E-state index in [0.717, 1.165) is 12.8 Å². The Bertz CT molecular complexity index is 519. The zero-order chi connectivity index (χ0) is 13.8. The van der Waals surface area contributed by atoms with E-state index in [2.05, 4.69) is 25.9 Å². The Balaban J connectivity index is 1.77. The van der Waals surface area contributed by atoms with Crippen LogP contribution in [0.5, 0.6) is 0 Å². The van der Waals surface area contributed by atoms with Crippen LogP contribution in [0, 0.1) is 23.7 Å². The molecule has 2 bridgehead atoms. The maximum absolute atomic E-state index is 12.1. The van der Waals surface area contributed by atoms with Crippen molar-refractivity contribution in [2.24, 2.45) is 16.7 Å². The zero-order valence-corrected chi connectivity index (χ0v) is 12.0. The number of rotatable bonds is 2. The molecule has 0 amide bonds. The van der Waals surface area contributed by atoms with E-state index in [9.17, 15) is 4.79 Å². The number of hydrogen-bond donors (Lipinski definition) is 0. The number of aromatic nitrogens is 1. The van der Waals surface area contributed by atoms with Crippen LogP contribution in [0.25, 0.3) is 0 Å². The minimum atomic E-state index is -0.379. The molecule has 0 radical (unpaired) electrons. The molecule has 0 spiro atoms. The summed E-state index contributed by atoms with van der Waals surface area (Å²) >= 11 is 0. The van der Waals surface area contributed by atoms with E-state index >= 15 is 0 Å². The molecule has 3 unspecified atom stereocenters. The van der Waals surface area contributed by atoms with Crippen LogP contribution in [0.15, 0.2) is 10.6 Å². The largest absolute Gasteiger partial charge is 0.456 e. The minimum absolute atomic E-state index is 0.000781. The Morgan fingerprint density at radius 3 is 2.68 bits per heavy atom. The molecule has 19 heavy (non-hydrogen) atoms. The van der Waals surface area contributed by atoms with Gasteiger partial charge in [0.1, 0.15) is 6.10 Å². The van der Waals surface area contributed by atoms with Gasteiger partial charge in [0, 0.05) is 11.5 Å². The first-order valence-corrected chi connectivity index (χ1v) is 6.99. The van der Waals surface area contributed by atoms with Gasteiger partial charge in [-0.2, -0.15) is 0 Å². The van der Waals surface area contributed by atoms with Crippen LogP contribution in [0.3, 0.4) is 0 Å². The van der Waals surface area contributed by atoms with Crippen molar-refractivity contribution in [1.82, 2.24) is 5.16 Å². The normalized spacial score (nSPS) is 35.6. The first-order valence-electron chi connectivity index (χ1n) is 6.99. The lowest BCUT2D eigenvalue weighted by molar-refractivity contribution is -0.0270. The maximum Gasteiger partial charge on any atom is 0.377 e. The van der Waals surface area contributed by atoms with Gasteiger partial charge in [-0.15, -0.1) is 0 Å². The molecule has 0 N–H and O–H groups in total. The van der Waals surface area contributed by atoms with E-state index in [4.69, 9.17) is 9.26 Å². The number of nitrogens with zero attached hydrogens (tertiary/aromatic N) is 1. The van der Waals surface area contributed by atoms with Crippen LogP contribution in [-0.4, -0.2) is 17.2 Å².